The summed E-state index contributed by atoms with van der Waals surface area (Å²) in [4.78, 5) is 42.7. The summed E-state index contributed by atoms with van der Waals surface area (Å²) in [7, 11) is 0. The monoisotopic (exact) mass is 547 g/mol. The Balaban J connectivity index is 2.59. The highest BCUT2D eigenvalue weighted by Crippen LogP contribution is 2.28. The van der Waals surface area contributed by atoms with Crippen LogP contribution in [0.3, 0.4) is 0 Å². The Hall–Kier alpha value is -3.79. The van der Waals surface area contributed by atoms with Gasteiger partial charge in [0.1, 0.15) is 17.7 Å². The zero-order valence-electron chi connectivity index (χ0n) is 25.3. The van der Waals surface area contributed by atoms with Crippen molar-refractivity contribution in [1.82, 2.24) is 10.2 Å². The van der Waals surface area contributed by atoms with Crippen molar-refractivity contribution in [2.45, 2.75) is 92.3 Å². The Morgan fingerprint density at radius 1 is 1.02 bits per heavy atom. The van der Waals surface area contributed by atoms with Crippen molar-refractivity contribution < 1.29 is 19.1 Å². The molecule has 0 aromatic heterocycles. The molecule has 0 spiro atoms. The third-order valence-electron chi connectivity index (χ3n) is 6.41. The molecule has 2 N–H and O–H groups in total. The summed E-state index contributed by atoms with van der Waals surface area (Å²) in [6, 6.07) is 11.1. The second-order valence-electron chi connectivity index (χ2n) is 11.6. The third-order valence-corrected chi connectivity index (χ3v) is 6.41. The number of aryl methyl sites for hydroxylation is 2. The van der Waals surface area contributed by atoms with Gasteiger partial charge in [-0.1, -0.05) is 63.4 Å². The Morgan fingerprint density at radius 2 is 1.62 bits per heavy atom. The first-order valence-corrected chi connectivity index (χ1v) is 14.0. The maximum Gasteiger partial charge on any atom is 0.408 e. The number of benzene rings is 2. The zero-order chi connectivity index (χ0) is 30.0. The van der Waals surface area contributed by atoms with Crippen LogP contribution in [0.1, 0.15) is 89.1 Å². The largest absolute Gasteiger partial charge is 0.444 e. The van der Waals surface area contributed by atoms with E-state index in [0.29, 0.717) is 36.2 Å². The van der Waals surface area contributed by atoms with Crippen LogP contribution in [0.2, 0.25) is 0 Å². The number of hydrogen-bond acceptors (Lipinski definition) is 4. The molecular formula is C33H45N3O4. The van der Waals surface area contributed by atoms with Crippen molar-refractivity contribution in [2.75, 3.05) is 11.9 Å². The lowest BCUT2D eigenvalue weighted by molar-refractivity contribution is -0.141. The van der Waals surface area contributed by atoms with Gasteiger partial charge < -0.3 is 20.3 Å². The minimum absolute atomic E-state index is 0.105. The fourth-order valence-electron chi connectivity index (χ4n) is 4.48. The van der Waals surface area contributed by atoms with Gasteiger partial charge in [-0.15, -0.1) is 6.42 Å². The van der Waals surface area contributed by atoms with Crippen LogP contribution in [0, 0.1) is 32.1 Å². The van der Waals surface area contributed by atoms with Crippen molar-refractivity contribution >= 4 is 23.6 Å². The fourth-order valence-corrected chi connectivity index (χ4v) is 4.48. The Kier molecular flexibility index (Phi) is 11.8. The number of terminal acetylenes is 1. The van der Waals surface area contributed by atoms with Crippen LogP contribution in [-0.2, 0) is 14.3 Å². The van der Waals surface area contributed by atoms with Crippen LogP contribution >= 0.6 is 0 Å². The average molecular weight is 548 g/mol. The lowest BCUT2D eigenvalue weighted by Gasteiger charge is -2.35. The number of amides is 3. The van der Waals surface area contributed by atoms with Crippen molar-refractivity contribution in [3.63, 3.8) is 0 Å². The molecule has 216 valence electrons. The van der Waals surface area contributed by atoms with E-state index in [1.54, 1.807) is 49.9 Å². The molecule has 2 atom stereocenters. The minimum atomic E-state index is -0.944. The topological polar surface area (TPSA) is 87.7 Å². The minimum Gasteiger partial charge on any atom is -0.444 e. The molecule has 7 heteroatoms. The molecule has 3 amide bonds. The smallest absolute Gasteiger partial charge is 0.408 e. The van der Waals surface area contributed by atoms with Gasteiger partial charge in [0.25, 0.3) is 5.91 Å². The number of ether oxygens (including phenoxy) is 1. The van der Waals surface area contributed by atoms with Crippen LogP contribution in [0.5, 0.6) is 0 Å². The van der Waals surface area contributed by atoms with Gasteiger partial charge in [-0.25, -0.2) is 4.79 Å². The van der Waals surface area contributed by atoms with E-state index >= 15 is 0 Å². The molecule has 7 nitrogen and oxygen atoms in total. The molecule has 0 aliphatic rings. The SMILES string of the molecule is C#Cc1ccc(C(C(=O)Nc2c(C)cccc2C)N(CCCC)C(=O)C(CC(C)C)NC(=O)OC(C)(C)C)cc1. The van der Waals surface area contributed by atoms with Crippen LogP contribution < -0.4 is 10.6 Å². The Bertz CT molecular complexity index is 1190. The molecule has 40 heavy (non-hydrogen) atoms. The molecule has 2 aromatic rings. The molecule has 0 aliphatic heterocycles. The first kappa shape index (κ1) is 32.4. The lowest BCUT2D eigenvalue weighted by Crippen LogP contribution is -2.53. The molecule has 0 aliphatic carbocycles. The van der Waals surface area contributed by atoms with Gasteiger partial charge in [-0.05, 0) is 82.2 Å². The number of anilines is 1. The zero-order valence-corrected chi connectivity index (χ0v) is 25.3. The molecular weight excluding hydrogens is 502 g/mol. The van der Waals surface area contributed by atoms with Gasteiger partial charge in [0.15, 0.2) is 0 Å². The quantitative estimate of drug-likeness (QED) is 0.313. The number of nitrogens with one attached hydrogen (secondary N) is 2. The molecule has 2 unspecified atom stereocenters. The summed E-state index contributed by atoms with van der Waals surface area (Å²) in [6.07, 6.45) is 6.80. The predicted octanol–water partition coefficient (Wildman–Crippen LogP) is 6.53. The van der Waals surface area contributed by atoms with Crippen LogP contribution in [-0.4, -0.2) is 41.0 Å². The van der Waals surface area contributed by atoms with Crippen LogP contribution in [0.4, 0.5) is 10.5 Å². The highest BCUT2D eigenvalue weighted by atomic mass is 16.6. The molecule has 2 rings (SSSR count). The molecule has 0 saturated carbocycles. The standard InChI is InChI=1S/C33H45N3O4/c1-10-12-20-36(31(38)27(21-22(3)4)34-32(39)40-33(7,8)9)29(26-18-16-25(11-2)17-19-26)30(37)35-28-23(5)14-13-15-24(28)6/h2,13-19,22,27,29H,10,12,20-21H2,1,3-9H3,(H,34,39)(H,35,37). The second kappa shape index (κ2) is 14.6. The fraction of sp³-hybridized carbons (Fsp3) is 0.485. The maximum absolute atomic E-state index is 14.3. The summed E-state index contributed by atoms with van der Waals surface area (Å²) in [6.45, 7) is 15.5. The van der Waals surface area contributed by atoms with Crippen molar-refractivity contribution in [3.8, 4) is 12.3 Å². The van der Waals surface area contributed by atoms with Crippen molar-refractivity contribution in [3.05, 3.63) is 64.7 Å². The number of unbranched alkanes of at least 4 members (excludes halogenated alkanes) is 1. The first-order valence-electron chi connectivity index (χ1n) is 14.0. The normalized spacial score (nSPS) is 12.7. The molecule has 0 saturated heterocycles. The number of carbonyl (C=O) groups excluding carboxylic acids is 3. The van der Waals surface area contributed by atoms with E-state index in [2.05, 4.69) is 16.6 Å². The van der Waals surface area contributed by atoms with Gasteiger partial charge in [0.2, 0.25) is 5.91 Å². The second-order valence-corrected chi connectivity index (χ2v) is 11.6. The third kappa shape index (κ3) is 9.44. The lowest BCUT2D eigenvalue weighted by atomic mass is 9.98. The van der Waals surface area contributed by atoms with Gasteiger partial charge in [0, 0.05) is 17.8 Å². The molecule has 0 heterocycles. The van der Waals surface area contributed by atoms with Gasteiger partial charge in [-0.3, -0.25) is 9.59 Å². The Labute approximate surface area is 240 Å². The first-order chi connectivity index (χ1) is 18.8. The van der Waals surface area contributed by atoms with E-state index in [4.69, 9.17) is 11.2 Å². The van der Waals surface area contributed by atoms with E-state index in [1.807, 2.05) is 52.8 Å². The van der Waals surface area contributed by atoms with Crippen LogP contribution in [0.25, 0.3) is 0 Å². The number of para-hydroxylation sites is 1. The molecule has 2 aromatic carbocycles. The summed E-state index contributed by atoms with van der Waals surface area (Å²) in [5, 5.41) is 5.87. The molecule has 0 radical (unpaired) electrons. The average Bonchev–Trinajstić information content (AvgIpc) is 2.86. The molecule has 0 bridgehead atoms. The van der Waals surface area contributed by atoms with E-state index in [-0.39, 0.29) is 17.7 Å². The van der Waals surface area contributed by atoms with Crippen LogP contribution in [0.15, 0.2) is 42.5 Å². The summed E-state index contributed by atoms with van der Waals surface area (Å²) in [5.74, 6) is 2.03. The van der Waals surface area contributed by atoms with Gasteiger partial charge >= 0.3 is 6.09 Å². The van der Waals surface area contributed by atoms with E-state index in [1.165, 1.54) is 0 Å². The number of hydrogen-bond donors (Lipinski definition) is 2. The number of carbonyl (C=O) groups is 3. The van der Waals surface area contributed by atoms with E-state index in [0.717, 1.165) is 17.5 Å². The number of nitrogens with zero attached hydrogens (tertiary/aromatic N) is 1. The summed E-state index contributed by atoms with van der Waals surface area (Å²) >= 11 is 0. The number of alkyl carbamates (subject to hydrolysis) is 1. The summed E-state index contributed by atoms with van der Waals surface area (Å²) < 4.78 is 5.47. The van der Waals surface area contributed by atoms with Gasteiger partial charge in [-0.2, -0.15) is 0 Å². The Morgan fingerprint density at radius 3 is 2.12 bits per heavy atom. The van der Waals surface area contributed by atoms with Crippen molar-refractivity contribution in [1.29, 1.82) is 0 Å². The predicted molar refractivity (Wildman–Crippen MR) is 161 cm³/mol. The van der Waals surface area contributed by atoms with E-state index < -0.39 is 23.8 Å². The van der Waals surface area contributed by atoms with E-state index in [9.17, 15) is 14.4 Å². The highest BCUT2D eigenvalue weighted by molar-refractivity contribution is 5.99. The van der Waals surface area contributed by atoms with Gasteiger partial charge in [0.05, 0.1) is 0 Å². The van der Waals surface area contributed by atoms with Crippen molar-refractivity contribution in [2.24, 2.45) is 5.92 Å². The maximum atomic E-state index is 14.3. The number of rotatable bonds is 11. The molecule has 0 fully saturated rings. The summed E-state index contributed by atoms with van der Waals surface area (Å²) in [5.41, 5.74) is 3.15. The highest BCUT2D eigenvalue weighted by Gasteiger charge is 2.36.